The van der Waals surface area contributed by atoms with Gasteiger partial charge in [0.1, 0.15) is 0 Å². The van der Waals surface area contributed by atoms with Crippen LogP contribution in [0.4, 0.5) is 5.69 Å². The first-order chi connectivity index (χ1) is 9.56. The summed E-state index contributed by atoms with van der Waals surface area (Å²) in [6.45, 7) is 0. The fraction of sp³-hybridized carbons (Fsp3) is 0.214. The zero-order valence-corrected chi connectivity index (χ0v) is 12.2. The summed E-state index contributed by atoms with van der Waals surface area (Å²) in [5, 5.41) is 0.136. The highest BCUT2D eigenvalue weighted by molar-refractivity contribution is 7.92. The Morgan fingerprint density at radius 1 is 1.15 bits per heavy atom. The molecule has 0 unspecified atom stereocenters. The van der Waals surface area contributed by atoms with Gasteiger partial charge in [-0.05, 0) is 54.7 Å². The molecule has 20 heavy (non-hydrogen) atoms. The number of nitrogens with zero attached hydrogens (tertiary/aromatic N) is 1. The lowest BCUT2D eigenvalue weighted by atomic mass is 10.1. The van der Waals surface area contributed by atoms with E-state index in [9.17, 15) is 8.42 Å². The van der Waals surface area contributed by atoms with Gasteiger partial charge in [-0.25, -0.2) is 13.4 Å². The number of anilines is 1. The lowest BCUT2D eigenvalue weighted by Gasteiger charge is -2.10. The second kappa shape index (κ2) is 5.07. The third-order valence-corrected chi connectivity index (χ3v) is 5.05. The molecule has 0 saturated carbocycles. The third-order valence-electron chi connectivity index (χ3n) is 3.38. The molecule has 1 aromatic heterocycles. The van der Waals surface area contributed by atoms with Crippen molar-refractivity contribution in [1.29, 1.82) is 0 Å². The molecule has 4 nitrogen and oxygen atoms in total. The smallest absolute Gasteiger partial charge is 0.262 e. The Hall–Kier alpha value is -1.59. The van der Waals surface area contributed by atoms with Crippen molar-refractivity contribution in [3.05, 3.63) is 52.8 Å². The molecular formula is C14H13ClN2O2S. The molecule has 3 rings (SSSR count). The molecule has 1 aliphatic carbocycles. The standard InChI is InChI=1S/C14H13ClN2O2S/c15-14-13(5-2-8-16-14)17-20(18,19)12-7-6-10-3-1-4-11(10)9-12/h2,5-9,17H,1,3-4H2. The Labute approximate surface area is 122 Å². The van der Waals surface area contributed by atoms with Gasteiger partial charge in [-0.1, -0.05) is 17.7 Å². The Bertz CT molecular complexity index is 760. The largest absolute Gasteiger partial charge is 0.276 e. The minimum absolute atomic E-state index is 0.136. The molecule has 0 atom stereocenters. The molecule has 2 aromatic rings. The number of pyridine rings is 1. The summed E-state index contributed by atoms with van der Waals surface area (Å²) < 4.78 is 27.2. The predicted octanol–water partition coefficient (Wildman–Crippen LogP) is 3.02. The molecule has 0 saturated heterocycles. The number of benzene rings is 1. The molecule has 6 heteroatoms. The average molecular weight is 309 g/mol. The lowest BCUT2D eigenvalue weighted by molar-refractivity contribution is 0.601. The van der Waals surface area contributed by atoms with Crippen LogP contribution in [0, 0.1) is 0 Å². The Balaban J connectivity index is 1.94. The van der Waals surface area contributed by atoms with E-state index >= 15 is 0 Å². The van der Waals surface area contributed by atoms with Gasteiger partial charge >= 0.3 is 0 Å². The number of fused-ring (bicyclic) bond motifs is 1. The van der Waals surface area contributed by atoms with E-state index in [1.807, 2.05) is 6.07 Å². The van der Waals surface area contributed by atoms with Crippen LogP contribution in [0.15, 0.2) is 41.4 Å². The van der Waals surface area contributed by atoms with E-state index in [-0.39, 0.29) is 15.7 Å². The van der Waals surface area contributed by atoms with Gasteiger partial charge in [-0.3, -0.25) is 4.72 Å². The third kappa shape index (κ3) is 2.51. The number of rotatable bonds is 3. The molecule has 1 heterocycles. The number of hydrogen-bond acceptors (Lipinski definition) is 3. The van der Waals surface area contributed by atoms with Crippen molar-refractivity contribution in [1.82, 2.24) is 4.98 Å². The van der Waals surface area contributed by atoms with Crippen molar-refractivity contribution in [2.45, 2.75) is 24.2 Å². The summed E-state index contributed by atoms with van der Waals surface area (Å²) in [7, 11) is -3.63. The van der Waals surface area contributed by atoms with Crippen molar-refractivity contribution < 1.29 is 8.42 Å². The Kier molecular flexibility index (Phi) is 3.40. The minimum atomic E-state index is -3.63. The molecule has 1 aliphatic rings. The molecule has 0 radical (unpaired) electrons. The normalized spacial score (nSPS) is 14.1. The van der Waals surface area contributed by atoms with Crippen molar-refractivity contribution in [3.8, 4) is 0 Å². The Morgan fingerprint density at radius 3 is 2.75 bits per heavy atom. The Morgan fingerprint density at radius 2 is 1.95 bits per heavy atom. The van der Waals surface area contributed by atoms with Crippen molar-refractivity contribution in [3.63, 3.8) is 0 Å². The van der Waals surface area contributed by atoms with Gasteiger partial charge in [-0.2, -0.15) is 0 Å². The molecular weight excluding hydrogens is 296 g/mol. The molecule has 0 bridgehead atoms. The fourth-order valence-electron chi connectivity index (χ4n) is 2.38. The van der Waals surface area contributed by atoms with Crippen molar-refractivity contribution in [2.24, 2.45) is 0 Å². The topological polar surface area (TPSA) is 59.1 Å². The van der Waals surface area contributed by atoms with Crippen LogP contribution in [0.25, 0.3) is 0 Å². The van der Waals surface area contributed by atoms with Crippen LogP contribution in [0.3, 0.4) is 0 Å². The highest BCUT2D eigenvalue weighted by Gasteiger charge is 2.19. The van der Waals surface area contributed by atoms with Gasteiger partial charge in [0.2, 0.25) is 0 Å². The van der Waals surface area contributed by atoms with Crippen LogP contribution in [-0.2, 0) is 22.9 Å². The summed E-state index contributed by atoms with van der Waals surface area (Å²) in [5.41, 5.74) is 2.64. The maximum Gasteiger partial charge on any atom is 0.262 e. The van der Waals surface area contributed by atoms with E-state index < -0.39 is 10.0 Å². The first kappa shape index (κ1) is 13.4. The first-order valence-electron chi connectivity index (χ1n) is 6.31. The van der Waals surface area contributed by atoms with Crippen LogP contribution in [-0.4, -0.2) is 13.4 Å². The molecule has 1 aromatic carbocycles. The maximum absolute atomic E-state index is 12.4. The maximum atomic E-state index is 12.4. The number of sulfonamides is 1. The predicted molar refractivity (Wildman–Crippen MR) is 78.5 cm³/mol. The van der Waals surface area contributed by atoms with Crippen molar-refractivity contribution >= 4 is 27.3 Å². The quantitative estimate of drug-likeness (QED) is 0.887. The fourth-order valence-corrected chi connectivity index (χ4v) is 3.72. The lowest BCUT2D eigenvalue weighted by Crippen LogP contribution is -2.13. The first-order valence-corrected chi connectivity index (χ1v) is 8.17. The van der Waals surface area contributed by atoms with Gasteiger partial charge in [0.15, 0.2) is 5.15 Å². The van der Waals surface area contributed by atoms with E-state index in [1.54, 1.807) is 24.3 Å². The highest BCUT2D eigenvalue weighted by Crippen LogP contribution is 2.27. The molecule has 0 fully saturated rings. The van der Waals surface area contributed by atoms with E-state index in [2.05, 4.69) is 9.71 Å². The zero-order valence-electron chi connectivity index (χ0n) is 10.6. The van der Waals surface area contributed by atoms with E-state index in [0.717, 1.165) is 24.8 Å². The summed E-state index contributed by atoms with van der Waals surface area (Å²) >= 11 is 5.87. The van der Waals surface area contributed by atoms with Crippen molar-refractivity contribution in [2.75, 3.05) is 4.72 Å². The molecule has 1 N–H and O–H groups in total. The molecule has 104 valence electrons. The van der Waals surface area contributed by atoms with Gasteiger partial charge in [0.05, 0.1) is 10.6 Å². The van der Waals surface area contributed by atoms with Gasteiger partial charge in [0.25, 0.3) is 10.0 Å². The summed E-state index contributed by atoms with van der Waals surface area (Å²) in [6.07, 6.45) is 4.56. The number of aryl methyl sites for hydroxylation is 2. The summed E-state index contributed by atoms with van der Waals surface area (Å²) in [5.74, 6) is 0. The molecule has 0 aliphatic heterocycles. The molecule has 0 amide bonds. The van der Waals surface area contributed by atoms with E-state index in [0.29, 0.717) is 0 Å². The molecule has 0 spiro atoms. The van der Waals surface area contributed by atoms with Crippen LogP contribution in [0.5, 0.6) is 0 Å². The summed E-state index contributed by atoms with van der Waals surface area (Å²) in [6, 6.07) is 8.49. The van der Waals surface area contributed by atoms with Gasteiger partial charge < -0.3 is 0 Å². The monoisotopic (exact) mass is 308 g/mol. The van der Waals surface area contributed by atoms with Crippen LogP contribution < -0.4 is 4.72 Å². The van der Waals surface area contributed by atoms with E-state index in [4.69, 9.17) is 11.6 Å². The van der Waals surface area contributed by atoms with Crippen LogP contribution in [0.2, 0.25) is 5.15 Å². The van der Waals surface area contributed by atoms with E-state index in [1.165, 1.54) is 11.8 Å². The zero-order chi connectivity index (χ0) is 14.2. The SMILES string of the molecule is O=S(=O)(Nc1cccnc1Cl)c1ccc2c(c1)CCC2. The van der Waals surface area contributed by atoms with Crippen LogP contribution >= 0.6 is 11.6 Å². The average Bonchev–Trinajstić information content (AvgIpc) is 2.88. The highest BCUT2D eigenvalue weighted by atomic mass is 35.5. The number of hydrogen-bond donors (Lipinski definition) is 1. The second-order valence-corrected chi connectivity index (χ2v) is 6.77. The number of halogens is 1. The second-order valence-electron chi connectivity index (χ2n) is 4.73. The van der Waals surface area contributed by atoms with Crippen LogP contribution in [0.1, 0.15) is 17.5 Å². The summed E-state index contributed by atoms with van der Waals surface area (Å²) in [4.78, 5) is 4.12. The minimum Gasteiger partial charge on any atom is -0.276 e. The number of aromatic nitrogens is 1. The number of nitrogens with one attached hydrogen (secondary N) is 1. The van der Waals surface area contributed by atoms with Gasteiger partial charge in [-0.15, -0.1) is 0 Å². The van der Waals surface area contributed by atoms with Gasteiger partial charge in [0, 0.05) is 6.20 Å².